The second-order valence-electron chi connectivity index (χ2n) is 5.11. The van der Waals surface area contributed by atoms with Crippen molar-refractivity contribution in [2.24, 2.45) is 5.73 Å². The van der Waals surface area contributed by atoms with E-state index in [2.05, 4.69) is 25.3 Å². The van der Waals surface area contributed by atoms with Gasteiger partial charge in [-0.05, 0) is 12.1 Å². The summed E-state index contributed by atoms with van der Waals surface area (Å²) in [5.74, 6) is -1.58. The summed E-state index contributed by atoms with van der Waals surface area (Å²) in [5, 5.41) is 2.50. The first-order valence-electron chi connectivity index (χ1n) is 7.19. The van der Waals surface area contributed by atoms with Crippen LogP contribution >= 0.6 is 0 Å². The maximum Gasteiger partial charge on any atom is 0.284 e. The molecule has 0 radical (unpaired) electrons. The van der Waals surface area contributed by atoms with Gasteiger partial charge < -0.3 is 15.7 Å². The Labute approximate surface area is 141 Å². The van der Waals surface area contributed by atoms with Gasteiger partial charge in [-0.2, -0.15) is 0 Å². The van der Waals surface area contributed by atoms with Gasteiger partial charge in [-0.25, -0.2) is 18.4 Å². The van der Waals surface area contributed by atoms with E-state index < -0.39 is 21.7 Å². The van der Waals surface area contributed by atoms with Crippen molar-refractivity contribution in [1.82, 2.24) is 19.9 Å². The zero-order valence-corrected chi connectivity index (χ0v) is 13.8. The molecule has 0 bridgehead atoms. The summed E-state index contributed by atoms with van der Waals surface area (Å²) < 4.78 is 24.4. The molecule has 0 saturated heterocycles. The molecule has 0 spiro atoms. The Morgan fingerprint density at radius 3 is 2.68 bits per heavy atom. The number of carbonyl (C=O) groups is 2. The van der Waals surface area contributed by atoms with Crippen LogP contribution in [0, 0.1) is 0 Å². The maximum absolute atomic E-state index is 12.5. The van der Waals surface area contributed by atoms with E-state index in [4.69, 9.17) is 5.73 Å². The van der Waals surface area contributed by atoms with E-state index in [-0.39, 0.29) is 39.0 Å². The van der Waals surface area contributed by atoms with Crippen molar-refractivity contribution in [2.75, 3.05) is 11.1 Å². The number of fused-ring (bicyclic) bond motifs is 1. The van der Waals surface area contributed by atoms with Crippen LogP contribution in [0.3, 0.4) is 0 Å². The lowest BCUT2D eigenvalue weighted by molar-refractivity contribution is 0.0988. The van der Waals surface area contributed by atoms with E-state index in [9.17, 15) is 18.0 Å². The van der Waals surface area contributed by atoms with Gasteiger partial charge in [-0.3, -0.25) is 14.9 Å². The monoisotopic (exact) mass is 362 g/mol. The Hall–Kier alpha value is -3.21. The lowest BCUT2D eigenvalue weighted by Crippen LogP contribution is -2.15. The molecule has 3 aromatic rings. The molecule has 2 amide bonds. The average Bonchev–Trinajstić information content (AvgIpc) is 3.22. The summed E-state index contributed by atoms with van der Waals surface area (Å²) in [6, 6.07) is 2.53. The number of benzene rings is 1. The summed E-state index contributed by atoms with van der Waals surface area (Å²) in [5.41, 5.74) is 5.52. The standard InChI is InChI=1S/C14H14N6O4S/c1-2-25(23,24)7-5-8(13(22)20-14-16-3-4-17-14)10-9(6-7)18-12(19-10)11(15)21/h3-6H,2H2,1H3,(H2,15,21)(H,18,19)(H2,16,17,20,22). The number of hydrogen-bond acceptors (Lipinski definition) is 6. The maximum atomic E-state index is 12.5. The van der Waals surface area contributed by atoms with Crippen LogP contribution in [0.1, 0.15) is 27.9 Å². The number of rotatable bonds is 5. The zero-order valence-electron chi connectivity index (χ0n) is 13.0. The first-order chi connectivity index (χ1) is 11.8. The number of amides is 2. The highest BCUT2D eigenvalue weighted by Gasteiger charge is 2.22. The normalized spacial score (nSPS) is 11.6. The number of hydrogen-bond donors (Lipinski definition) is 4. The Balaban J connectivity index is 2.19. The van der Waals surface area contributed by atoms with Gasteiger partial charge in [0.1, 0.15) is 5.52 Å². The number of anilines is 1. The third-order valence-corrected chi connectivity index (χ3v) is 5.22. The molecule has 11 heteroatoms. The van der Waals surface area contributed by atoms with Crippen molar-refractivity contribution < 1.29 is 18.0 Å². The average molecular weight is 362 g/mol. The summed E-state index contributed by atoms with van der Waals surface area (Å²) in [7, 11) is -3.59. The van der Waals surface area contributed by atoms with Gasteiger partial charge in [0.25, 0.3) is 11.8 Å². The SMILES string of the molecule is CCS(=O)(=O)c1cc(C(=O)Nc2ncc[nH]2)c2nc(C(N)=O)[nH]c2c1. The fourth-order valence-electron chi connectivity index (χ4n) is 2.24. The van der Waals surface area contributed by atoms with E-state index in [1.165, 1.54) is 31.5 Å². The van der Waals surface area contributed by atoms with E-state index in [0.29, 0.717) is 0 Å². The second-order valence-corrected chi connectivity index (χ2v) is 7.39. The zero-order chi connectivity index (χ0) is 18.2. The highest BCUT2D eigenvalue weighted by molar-refractivity contribution is 7.91. The number of sulfone groups is 1. The lowest BCUT2D eigenvalue weighted by Gasteiger charge is -2.07. The molecule has 5 N–H and O–H groups in total. The number of carbonyl (C=O) groups excluding carboxylic acids is 2. The minimum absolute atomic E-state index is 0.0234. The number of aromatic amines is 2. The molecule has 2 aromatic heterocycles. The van der Waals surface area contributed by atoms with E-state index in [1.807, 2.05) is 0 Å². The van der Waals surface area contributed by atoms with Crippen molar-refractivity contribution in [1.29, 1.82) is 0 Å². The third-order valence-electron chi connectivity index (χ3n) is 3.51. The molecule has 25 heavy (non-hydrogen) atoms. The van der Waals surface area contributed by atoms with Gasteiger partial charge >= 0.3 is 0 Å². The molecule has 0 saturated carbocycles. The number of nitrogens with one attached hydrogen (secondary N) is 3. The molecule has 0 fully saturated rings. The van der Waals surface area contributed by atoms with Crippen molar-refractivity contribution in [3.8, 4) is 0 Å². The third kappa shape index (κ3) is 3.08. The molecule has 1 aromatic carbocycles. The highest BCUT2D eigenvalue weighted by atomic mass is 32.2. The number of aromatic nitrogens is 4. The smallest absolute Gasteiger partial charge is 0.284 e. The van der Waals surface area contributed by atoms with Crippen molar-refractivity contribution in [2.45, 2.75) is 11.8 Å². The van der Waals surface area contributed by atoms with Crippen LogP contribution in [0.15, 0.2) is 29.4 Å². The first-order valence-corrected chi connectivity index (χ1v) is 8.84. The first kappa shape index (κ1) is 16.6. The topological polar surface area (TPSA) is 164 Å². The Kier molecular flexibility index (Phi) is 4.00. The molecule has 0 aliphatic carbocycles. The number of nitrogens with two attached hydrogens (primary N) is 1. The van der Waals surface area contributed by atoms with Crippen LogP contribution in [0.5, 0.6) is 0 Å². The van der Waals surface area contributed by atoms with E-state index in [1.54, 1.807) is 0 Å². The Morgan fingerprint density at radius 2 is 2.08 bits per heavy atom. The van der Waals surface area contributed by atoms with Crippen LogP contribution in [-0.4, -0.2) is 45.9 Å². The molecular weight excluding hydrogens is 348 g/mol. The van der Waals surface area contributed by atoms with Crippen molar-refractivity contribution in [3.05, 3.63) is 35.9 Å². The van der Waals surface area contributed by atoms with Gasteiger partial charge in [-0.15, -0.1) is 0 Å². The number of H-pyrrole nitrogens is 2. The quantitative estimate of drug-likeness (QED) is 0.514. The van der Waals surface area contributed by atoms with Crippen molar-refractivity contribution >= 4 is 38.6 Å². The van der Waals surface area contributed by atoms with Gasteiger partial charge in [0.2, 0.25) is 5.95 Å². The molecule has 0 atom stereocenters. The molecule has 3 rings (SSSR count). The Bertz CT molecular complexity index is 1070. The molecular formula is C14H14N6O4S. The van der Waals surface area contributed by atoms with Gasteiger partial charge in [0.15, 0.2) is 15.7 Å². The summed E-state index contributed by atoms with van der Waals surface area (Å²) >= 11 is 0. The predicted octanol–water partition coefficient (Wildman–Crippen LogP) is 0.431. The van der Waals surface area contributed by atoms with Gasteiger partial charge in [0.05, 0.1) is 21.7 Å². The van der Waals surface area contributed by atoms with Crippen molar-refractivity contribution in [3.63, 3.8) is 0 Å². The van der Waals surface area contributed by atoms with Gasteiger partial charge in [-0.1, -0.05) is 6.92 Å². The van der Waals surface area contributed by atoms with Crippen LogP contribution in [0.25, 0.3) is 11.0 Å². The number of nitrogens with zero attached hydrogens (tertiary/aromatic N) is 2. The van der Waals surface area contributed by atoms with E-state index in [0.717, 1.165) is 0 Å². The summed E-state index contributed by atoms with van der Waals surface area (Å²) in [6.07, 6.45) is 2.96. The van der Waals surface area contributed by atoms with Gasteiger partial charge in [0, 0.05) is 12.4 Å². The Morgan fingerprint density at radius 1 is 1.32 bits per heavy atom. The number of primary amides is 1. The van der Waals surface area contributed by atoms with Crippen LogP contribution < -0.4 is 11.1 Å². The van der Waals surface area contributed by atoms with E-state index >= 15 is 0 Å². The minimum Gasteiger partial charge on any atom is -0.363 e. The fraction of sp³-hybridized carbons (Fsp3) is 0.143. The minimum atomic E-state index is -3.59. The highest BCUT2D eigenvalue weighted by Crippen LogP contribution is 2.24. The molecule has 10 nitrogen and oxygen atoms in total. The fourth-order valence-corrected chi connectivity index (χ4v) is 3.16. The van der Waals surface area contributed by atoms with Crippen LogP contribution in [-0.2, 0) is 9.84 Å². The number of imidazole rings is 2. The molecule has 2 heterocycles. The predicted molar refractivity (Wildman–Crippen MR) is 88.9 cm³/mol. The summed E-state index contributed by atoms with van der Waals surface area (Å²) in [4.78, 5) is 37.0. The molecule has 130 valence electrons. The molecule has 0 unspecified atom stereocenters. The molecule has 0 aliphatic rings. The van der Waals surface area contributed by atoms with Crippen LogP contribution in [0.2, 0.25) is 0 Å². The molecule has 0 aliphatic heterocycles. The largest absolute Gasteiger partial charge is 0.363 e. The second kappa shape index (κ2) is 6.02. The van der Waals surface area contributed by atoms with Crippen LogP contribution in [0.4, 0.5) is 5.95 Å². The summed E-state index contributed by atoms with van der Waals surface area (Å²) in [6.45, 7) is 1.49. The lowest BCUT2D eigenvalue weighted by atomic mass is 10.1.